The molecule has 1 atom stereocenters. The number of rotatable bonds is 0. The van der Waals surface area contributed by atoms with Crippen molar-refractivity contribution in [2.75, 3.05) is 6.61 Å². The largest absolute Gasteiger partial charge is 0.360 e. The Hall–Kier alpha value is -2.04. The Kier molecular flexibility index (Phi) is 3.12. The summed E-state index contributed by atoms with van der Waals surface area (Å²) in [6.45, 7) is 0.755. The summed E-state index contributed by atoms with van der Waals surface area (Å²) in [7, 11) is 0. The maximum absolute atomic E-state index is 5.75. The van der Waals surface area contributed by atoms with E-state index in [-0.39, 0.29) is 6.10 Å². The molecule has 0 bridgehead atoms. The van der Waals surface area contributed by atoms with Crippen LogP contribution >= 0.6 is 0 Å². The molecule has 0 amide bonds. The van der Waals surface area contributed by atoms with Gasteiger partial charge in [0.2, 0.25) is 0 Å². The minimum atomic E-state index is -0.0878. The molecule has 0 N–H and O–H groups in total. The van der Waals surface area contributed by atoms with Crippen LogP contribution in [0.15, 0.2) is 54.6 Å². The third-order valence-corrected chi connectivity index (χ3v) is 3.11. The van der Waals surface area contributed by atoms with E-state index in [0.29, 0.717) is 0 Å². The lowest BCUT2D eigenvalue weighted by atomic mass is 9.98. The molecule has 0 radical (unpaired) electrons. The fourth-order valence-corrected chi connectivity index (χ4v) is 2.18. The van der Waals surface area contributed by atoms with Gasteiger partial charge in [-0.15, -0.1) is 0 Å². The van der Waals surface area contributed by atoms with E-state index in [1.807, 2.05) is 36.4 Å². The van der Waals surface area contributed by atoms with Gasteiger partial charge in [0.15, 0.2) is 0 Å². The Labute approximate surface area is 107 Å². The van der Waals surface area contributed by atoms with Gasteiger partial charge in [-0.1, -0.05) is 54.3 Å². The molecule has 2 aromatic rings. The molecule has 1 heterocycles. The lowest BCUT2D eigenvalue weighted by molar-refractivity contribution is 0.0814. The van der Waals surface area contributed by atoms with Crippen LogP contribution in [0.4, 0.5) is 0 Å². The van der Waals surface area contributed by atoms with Crippen molar-refractivity contribution in [1.29, 1.82) is 0 Å². The molecule has 1 heteroatoms. The SMILES string of the molecule is C(#C[C@@H]1OCCc2ccccc21)c1ccccc1. The van der Waals surface area contributed by atoms with E-state index >= 15 is 0 Å². The highest BCUT2D eigenvalue weighted by Crippen LogP contribution is 2.26. The van der Waals surface area contributed by atoms with Crippen LogP contribution in [0.5, 0.6) is 0 Å². The topological polar surface area (TPSA) is 9.23 Å². The molecular weight excluding hydrogens is 220 g/mol. The molecular formula is C17H14O. The second-order valence-electron chi connectivity index (χ2n) is 4.34. The molecule has 0 saturated carbocycles. The van der Waals surface area contributed by atoms with Crippen LogP contribution < -0.4 is 0 Å². The van der Waals surface area contributed by atoms with Gasteiger partial charge in [0.25, 0.3) is 0 Å². The van der Waals surface area contributed by atoms with Gasteiger partial charge in [-0.3, -0.25) is 0 Å². The summed E-state index contributed by atoms with van der Waals surface area (Å²) < 4.78 is 5.75. The van der Waals surface area contributed by atoms with Crippen molar-refractivity contribution in [2.24, 2.45) is 0 Å². The van der Waals surface area contributed by atoms with E-state index < -0.39 is 0 Å². The van der Waals surface area contributed by atoms with Crippen LogP contribution in [-0.2, 0) is 11.2 Å². The number of hydrogen-bond donors (Lipinski definition) is 0. The van der Waals surface area contributed by atoms with E-state index in [1.165, 1.54) is 11.1 Å². The fourth-order valence-electron chi connectivity index (χ4n) is 2.18. The van der Waals surface area contributed by atoms with Gasteiger partial charge >= 0.3 is 0 Å². The van der Waals surface area contributed by atoms with Gasteiger partial charge in [-0.2, -0.15) is 0 Å². The summed E-state index contributed by atoms with van der Waals surface area (Å²) >= 11 is 0. The predicted octanol–water partition coefficient (Wildman–Crippen LogP) is 3.35. The third-order valence-electron chi connectivity index (χ3n) is 3.11. The van der Waals surface area contributed by atoms with Gasteiger partial charge in [0, 0.05) is 5.56 Å². The highest BCUT2D eigenvalue weighted by atomic mass is 16.5. The molecule has 88 valence electrons. The summed E-state index contributed by atoms with van der Waals surface area (Å²) in [5.41, 5.74) is 3.60. The molecule has 1 aliphatic heterocycles. The maximum atomic E-state index is 5.75. The minimum Gasteiger partial charge on any atom is -0.360 e. The van der Waals surface area contributed by atoms with Gasteiger partial charge in [-0.25, -0.2) is 0 Å². The summed E-state index contributed by atoms with van der Waals surface area (Å²) in [5, 5.41) is 0. The summed E-state index contributed by atoms with van der Waals surface area (Å²) in [4.78, 5) is 0. The van der Waals surface area contributed by atoms with Gasteiger partial charge in [-0.05, 0) is 29.7 Å². The first-order chi connectivity index (χ1) is 8.93. The van der Waals surface area contributed by atoms with Crippen molar-refractivity contribution in [1.82, 2.24) is 0 Å². The zero-order valence-electron chi connectivity index (χ0n) is 10.1. The molecule has 0 aliphatic carbocycles. The highest BCUT2D eigenvalue weighted by Gasteiger charge is 2.17. The van der Waals surface area contributed by atoms with Crippen LogP contribution in [0.25, 0.3) is 0 Å². The molecule has 0 unspecified atom stereocenters. The summed E-state index contributed by atoms with van der Waals surface area (Å²) in [5.74, 6) is 6.40. The van der Waals surface area contributed by atoms with Gasteiger partial charge in [0.05, 0.1) is 6.61 Å². The molecule has 0 aromatic heterocycles. The Morgan fingerprint density at radius 3 is 2.61 bits per heavy atom. The normalized spacial score (nSPS) is 17.4. The number of fused-ring (bicyclic) bond motifs is 1. The van der Waals surface area contributed by atoms with E-state index in [1.54, 1.807) is 0 Å². The Morgan fingerprint density at radius 2 is 1.72 bits per heavy atom. The second-order valence-corrected chi connectivity index (χ2v) is 4.34. The van der Waals surface area contributed by atoms with Crippen molar-refractivity contribution >= 4 is 0 Å². The van der Waals surface area contributed by atoms with Gasteiger partial charge in [0.1, 0.15) is 6.10 Å². The van der Waals surface area contributed by atoms with E-state index in [0.717, 1.165) is 18.6 Å². The average Bonchev–Trinajstić information content (AvgIpc) is 2.46. The molecule has 0 fully saturated rings. The highest BCUT2D eigenvalue weighted by molar-refractivity contribution is 5.40. The Bertz CT molecular complexity index is 590. The van der Waals surface area contributed by atoms with Gasteiger partial charge < -0.3 is 4.74 Å². The first-order valence-electron chi connectivity index (χ1n) is 6.19. The van der Waals surface area contributed by atoms with Crippen molar-refractivity contribution in [2.45, 2.75) is 12.5 Å². The molecule has 0 spiro atoms. The summed E-state index contributed by atoms with van der Waals surface area (Å²) in [6.07, 6.45) is 0.898. The van der Waals surface area contributed by atoms with E-state index in [4.69, 9.17) is 4.74 Å². The zero-order chi connectivity index (χ0) is 12.2. The zero-order valence-corrected chi connectivity index (χ0v) is 10.1. The number of ether oxygens (including phenoxy) is 1. The second kappa shape index (κ2) is 5.08. The third kappa shape index (κ3) is 2.30. The van der Waals surface area contributed by atoms with Crippen molar-refractivity contribution in [3.05, 3.63) is 71.3 Å². The quantitative estimate of drug-likeness (QED) is 0.635. The predicted molar refractivity (Wildman–Crippen MR) is 72.2 cm³/mol. The molecule has 1 aliphatic rings. The first kappa shape index (κ1) is 11.1. The Balaban J connectivity index is 1.89. The van der Waals surface area contributed by atoms with E-state index in [9.17, 15) is 0 Å². The molecule has 0 saturated heterocycles. The molecule has 18 heavy (non-hydrogen) atoms. The minimum absolute atomic E-state index is 0.0878. The maximum Gasteiger partial charge on any atom is 0.144 e. The molecule has 1 nitrogen and oxygen atoms in total. The smallest absolute Gasteiger partial charge is 0.144 e. The van der Waals surface area contributed by atoms with Crippen LogP contribution in [0.2, 0.25) is 0 Å². The molecule has 2 aromatic carbocycles. The average molecular weight is 234 g/mol. The fraction of sp³-hybridized carbons (Fsp3) is 0.176. The lowest BCUT2D eigenvalue weighted by Gasteiger charge is -2.21. The van der Waals surface area contributed by atoms with Crippen LogP contribution in [0, 0.1) is 11.8 Å². The first-order valence-corrected chi connectivity index (χ1v) is 6.19. The van der Waals surface area contributed by atoms with E-state index in [2.05, 4.69) is 30.0 Å². The molecule has 3 rings (SSSR count). The standard InChI is InChI=1S/C17H14O/c1-2-6-14(7-3-1)10-11-17-16-9-5-4-8-15(16)12-13-18-17/h1-9,17H,12-13H2/t17-/m0/s1. The Morgan fingerprint density at radius 1 is 0.944 bits per heavy atom. The van der Waals surface area contributed by atoms with Crippen molar-refractivity contribution in [3.8, 4) is 11.8 Å². The lowest BCUT2D eigenvalue weighted by Crippen LogP contribution is -2.14. The van der Waals surface area contributed by atoms with Crippen LogP contribution in [0.1, 0.15) is 22.8 Å². The van der Waals surface area contributed by atoms with Crippen molar-refractivity contribution < 1.29 is 4.74 Å². The number of benzene rings is 2. The summed E-state index contributed by atoms with van der Waals surface area (Å²) in [6, 6.07) is 18.4. The van der Waals surface area contributed by atoms with Crippen LogP contribution in [0.3, 0.4) is 0 Å². The van der Waals surface area contributed by atoms with Crippen molar-refractivity contribution in [3.63, 3.8) is 0 Å². The number of hydrogen-bond acceptors (Lipinski definition) is 1. The van der Waals surface area contributed by atoms with Crippen LogP contribution in [-0.4, -0.2) is 6.61 Å². The monoisotopic (exact) mass is 234 g/mol.